The number of nitrogens with zero attached hydrogens (tertiary/aromatic N) is 3. The molecule has 0 spiro atoms. The molecule has 4 aromatic carbocycles. The van der Waals surface area contributed by atoms with Gasteiger partial charge in [-0.2, -0.15) is 10.1 Å². The van der Waals surface area contributed by atoms with E-state index in [0.717, 1.165) is 44.9 Å². The van der Waals surface area contributed by atoms with Gasteiger partial charge in [0, 0.05) is 11.4 Å². The smallest absolute Gasteiger partial charge is 0.259 e. The number of halogens is 2. The molecule has 0 fully saturated rings. The van der Waals surface area contributed by atoms with Gasteiger partial charge in [-0.15, -0.1) is 0 Å². The molecule has 0 aromatic heterocycles. The molecule has 0 radical (unpaired) electrons. The van der Waals surface area contributed by atoms with Crippen LogP contribution in [0.15, 0.2) is 106 Å². The highest BCUT2D eigenvalue weighted by atomic mass is 35.5. The number of hydrazone groups is 1. The van der Waals surface area contributed by atoms with Gasteiger partial charge in [-0.3, -0.25) is 4.79 Å². The number of hydrogen-bond acceptors (Lipinski definition) is 4. The fourth-order valence-electron chi connectivity index (χ4n) is 4.47. The van der Waals surface area contributed by atoms with Gasteiger partial charge < -0.3 is 0 Å². The van der Waals surface area contributed by atoms with E-state index in [1.54, 1.807) is 12.1 Å². The summed E-state index contributed by atoms with van der Waals surface area (Å²) in [4.78, 5) is 17.4. The number of aliphatic imine (C=N–C) groups is 1. The molecule has 1 unspecified atom stereocenters. The van der Waals surface area contributed by atoms with Crippen molar-refractivity contribution >= 4 is 57.0 Å². The lowest BCUT2D eigenvalue weighted by molar-refractivity contribution is 0.267. The Bertz CT molecular complexity index is 1580. The molecule has 0 saturated carbocycles. The number of fused-ring (bicyclic) bond motifs is 1. The average molecular weight is 512 g/mol. The van der Waals surface area contributed by atoms with Crippen LogP contribution >= 0.6 is 23.4 Å². The van der Waals surface area contributed by atoms with Gasteiger partial charge in [0.2, 0.25) is 0 Å². The van der Waals surface area contributed by atoms with Crippen molar-refractivity contribution in [3.63, 3.8) is 0 Å². The third-order valence-electron chi connectivity index (χ3n) is 6.25. The van der Waals surface area contributed by atoms with E-state index in [4.69, 9.17) is 16.7 Å². The summed E-state index contributed by atoms with van der Waals surface area (Å²) in [6.45, 7) is 0. The van der Waals surface area contributed by atoms with Gasteiger partial charge in [0.1, 0.15) is 5.82 Å². The number of carbonyl (C=O) groups is 1. The summed E-state index contributed by atoms with van der Waals surface area (Å²) < 4.78 is 13.4. The first-order valence-corrected chi connectivity index (χ1v) is 12.6. The van der Waals surface area contributed by atoms with Crippen LogP contribution in [0.1, 0.15) is 29.2 Å². The first-order valence-electron chi connectivity index (χ1n) is 11.4. The number of carbonyl (C=O) groups excluding carboxylic acids is 1. The van der Waals surface area contributed by atoms with Crippen molar-refractivity contribution in [3.05, 3.63) is 123 Å². The predicted octanol–water partition coefficient (Wildman–Crippen LogP) is 8.09. The van der Waals surface area contributed by atoms with Gasteiger partial charge in [-0.05, 0) is 75.6 Å². The SMILES string of the molecule is O=C1N=C(N2N=C(c3ccc4ccccc4c3)CC2c2ccc(Cl)cc2)/C(=C/c2ccc(F)cc2)S1. The Kier molecular flexibility index (Phi) is 5.91. The molecule has 4 nitrogen and oxygen atoms in total. The fraction of sp³-hybridized carbons (Fsp3) is 0.0690. The Morgan fingerprint density at radius 3 is 2.47 bits per heavy atom. The molecule has 0 aliphatic carbocycles. The quantitative estimate of drug-likeness (QED) is 0.279. The standard InChI is InChI=1S/C29H19ClFN3OS/c30-23-11-9-20(10-12-23)26-17-25(22-8-7-19-3-1-2-4-21(19)16-22)33-34(26)28-27(36-29(35)32-28)15-18-5-13-24(31)14-6-18/h1-16,26H,17H2/b27-15-. The minimum atomic E-state index is -0.312. The van der Waals surface area contributed by atoms with Crippen LogP contribution in [0.4, 0.5) is 9.18 Å². The Morgan fingerprint density at radius 1 is 0.944 bits per heavy atom. The predicted molar refractivity (Wildman–Crippen MR) is 146 cm³/mol. The highest BCUT2D eigenvalue weighted by Crippen LogP contribution is 2.40. The van der Waals surface area contributed by atoms with Gasteiger partial charge >= 0.3 is 5.24 Å². The molecule has 0 N–H and O–H groups in total. The van der Waals surface area contributed by atoms with E-state index >= 15 is 0 Å². The maximum Gasteiger partial charge on any atom is 0.311 e. The molecule has 6 rings (SSSR count). The molecular formula is C29H19ClFN3OS. The molecule has 4 aromatic rings. The average Bonchev–Trinajstić information content (AvgIpc) is 3.49. The lowest BCUT2D eigenvalue weighted by Gasteiger charge is -2.24. The summed E-state index contributed by atoms with van der Waals surface area (Å²) in [5.41, 5.74) is 3.74. The zero-order chi connectivity index (χ0) is 24.6. The summed E-state index contributed by atoms with van der Waals surface area (Å²) in [5.74, 6) is 0.179. The molecule has 2 heterocycles. The van der Waals surface area contributed by atoms with Crippen LogP contribution in [0.25, 0.3) is 16.8 Å². The summed E-state index contributed by atoms with van der Waals surface area (Å²) in [7, 11) is 0. The van der Waals surface area contributed by atoms with E-state index in [2.05, 4.69) is 35.3 Å². The van der Waals surface area contributed by atoms with E-state index < -0.39 is 0 Å². The summed E-state index contributed by atoms with van der Waals surface area (Å²) in [6.07, 6.45) is 2.48. The van der Waals surface area contributed by atoms with Crippen molar-refractivity contribution < 1.29 is 9.18 Å². The molecule has 0 saturated heterocycles. The normalized spacial score (nSPS) is 18.7. The summed E-state index contributed by atoms with van der Waals surface area (Å²) >= 11 is 7.21. The second-order valence-electron chi connectivity index (χ2n) is 8.59. The van der Waals surface area contributed by atoms with E-state index in [0.29, 0.717) is 22.2 Å². The van der Waals surface area contributed by atoms with Crippen molar-refractivity contribution in [2.75, 3.05) is 0 Å². The lowest BCUT2D eigenvalue weighted by atomic mass is 9.97. The van der Waals surface area contributed by atoms with E-state index in [-0.39, 0.29) is 17.1 Å². The molecule has 1 amide bonds. The molecule has 2 aliphatic heterocycles. The molecule has 36 heavy (non-hydrogen) atoms. The van der Waals surface area contributed by atoms with Crippen molar-refractivity contribution in [1.29, 1.82) is 0 Å². The number of benzene rings is 4. The van der Waals surface area contributed by atoms with E-state index in [9.17, 15) is 9.18 Å². The minimum absolute atomic E-state index is 0.161. The van der Waals surface area contributed by atoms with Crippen molar-refractivity contribution in [2.24, 2.45) is 10.1 Å². The van der Waals surface area contributed by atoms with Crippen LogP contribution in [0.3, 0.4) is 0 Å². The third-order valence-corrected chi connectivity index (χ3v) is 7.29. The maximum absolute atomic E-state index is 13.4. The van der Waals surface area contributed by atoms with Gasteiger partial charge in [-0.25, -0.2) is 9.40 Å². The number of amides is 1. The molecule has 2 aliphatic rings. The Balaban J connectivity index is 1.43. The zero-order valence-electron chi connectivity index (χ0n) is 18.9. The highest BCUT2D eigenvalue weighted by Gasteiger charge is 2.36. The second kappa shape index (κ2) is 9.37. The number of hydrogen-bond donors (Lipinski definition) is 0. The Hall–Kier alpha value is -3.74. The van der Waals surface area contributed by atoms with Crippen LogP contribution in [0, 0.1) is 5.82 Å². The van der Waals surface area contributed by atoms with Crippen LogP contribution in [-0.4, -0.2) is 21.8 Å². The zero-order valence-corrected chi connectivity index (χ0v) is 20.5. The van der Waals surface area contributed by atoms with E-state index in [1.807, 2.05) is 47.5 Å². The van der Waals surface area contributed by atoms with E-state index in [1.165, 1.54) is 12.1 Å². The molecule has 176 valence electrons. The van der Waals surface area contributed by atoms with Crippen LogP contribution < -0.4 is 0 Å². The molecule has 0 bridgehead atoms. The molecule has 7 heteroatoms. The highest BCUT2D eigenvalue weighted by molar-refractivity contribution is 8.18. The van der Waals surface area contributed by atoms with Crippen molar-refractivity contribution in [1.82, 2.24) is 5.01 Å². The van der Waals surface area contributed by atoms with Crippen molar-refractivity contribution in [2.45, 2.75) is 12.5 Å². The fourth-order valence-corrected chi connectivity index (χ4v) is 5.34. The van der Waals surface area contributed by atoms with Gasteiger partial charge in [-0.1, -0.05) is 72.3 Å². The Labute approximate surface area is 216 Å². The van der Waals surface area contributed by atoms with Gasteiger partial charge in [0.25, 0.3) is 0 Å². The van der Waals surface area contributed by atoms with Gasteiger partial charge in [0.05, 0.1) is 16.7 Å². The van der Waals surface area contributed by atoms with Crippen LogP contribution in [0.2, 0.25) is 5.02 Å². The van der Waals surface area contributed by atoms with Crippen molar-refractivity contribution in [3.8, 4) is 0 Å². The number of thioether (sulfide) groups is 1. The Morgan fingerprint density at radius 2 is 1.69 bits per heavy atom. The minimum Gasteiger partial charge on any atom is -0.259 e. The summed E-state index contributed by atoms with van der Waals surface area (Å²) in [5, 5.41) is 9.47. The second-order valence-corrected chi connectivity index (χ2v) is 10.0. The number of amidine groups is 1. The first kappa shape index (κ1) is 22.7. The molecular weight excluding hydrogens is 493 g/mol. The third kappa shape index (κ3) is 4.45. The molecule has 1 atom stereocenters. The number of rotatable bonds is 3. The van der Waals surface area contributed by atoms with Gasteiger partial charge in [0.15, 0.2) is 5.84 Å². The lowest BCUT2D eigenvalue weighted by Crippen LogP contribution is -2.26. The maximum atomic E-state index is 13.4. The monoisotopic (exact) mass is 511 g/mol. The topological polar surface area (TPSA) is 45.0 Å². The van der Waals surface area contributed by atoms with Crippen LogP contribution in [0.5, 0.6) is 0 Å². The summed E-state index contributed by atoms with van der Waals surface area (Å²) in [6, 6.07) is 28.2. The first-order chi connectivity index (χ1) is 17.5. The largest absolute Gasteiger partial charge is 0.311 e. The van der Waals surface area contributed by atoms with Crippen LogP contribution in [-0.2, 0) is 0 Å².